The van der Waals surface area contributed by atoms with Gasteiger partial charge in [0.1, 0.15) is 12.2 Å². The first-order valence-electron chi connectivity index (χ1n) is 6.17. The van der Waals surface area contributed by atoms with Crippen LogP contribution in [0.3, 0.4) is 0 Å². The summed E-state index contributed by atoms with van der Waals surface area (Å²) in [7, 11) is 0. The van der Waals surface area contributed by atoms with Crippen LogP contribution in [0.4, 0.5) is 0 Å². The van der Waals surface area contributed by atoms with Crippen molar-refractivity contribution in [2.75, 3.05) is 0 Å². The molecular weight excluding hydrogens is 373 g/mol. The SMILES string of the molecule is CC(C)Cn1ncnc1CC(NN)c1csc(I)c1. The molecule has 0 spiro atoms. The minimum absolute atomic E-state index is 0.0786. The Balaban J connectivity index is 2.12. The van der Waals surface area contributed by atoms with Crippen LogP contribution in [0.25, 0.3) is 0 Å². The lowest BCUT2D eigenvalue weighted by atomic mass is 10.1. The van der Waals surface area contributed by atoms with Crippen molar-refractivity contribution in [3.05, 3.63) is 32.0 Å². The van der Waals surface area contributed by atoms with Crippen molar-refractivity contribution < 1.29 is 0 Å². The molecule has 0 radical (unpaired) electrons. The van der Waals surface area contributed by atoms with Gasteiger partial charge in [0, 0.05) is 13.0 Å². The molecule has 19 heavy (non-hydrogen) atoms. The van der Waals surface area contributed by atoms with Crippen molar-refractivity contribution in [1.29, 1.82) is 0 Å². The summed E-state index contributed by atoms with van der Waals surface area (Å²) >= 11 is 4.04. The fourth-order valence-electron chi connectivity index (χ4n) is 1.91. The zero-order valence-electron chi connectivity index (χ0n) is 11.0. The molecule has 0 saturated carbocycles. The van der Waals surface area contributed by atoms with Crippen LogP contribution in [0.1, 0.15) is 31.3 Å². The van der Waals surface area contributed by atoms with E-state index < -0.39 is 0 Å². The van der Waals surface area contributed by atoms with Gasteiger partial charge in [-0.25, -0.2) is 9.67 Å². The average Bonchev–Trinajstić information content (AvgIpc) is 2.95. The summed E-state index contributed by atoms with van der Waals surface area (Å²) in [6.07, 6.45) is 2.36. The number of hydrazine groups is 1. The summed E-state index contributed by atoms with van der Waals surface area (Å²) in [5.41, 5.74) is 4.08. The lowest BCUT2D eigenvalue weighted by Gasteiger charge is -2.15. The van der Waals surface area contributed by atoms with Gasteiger partial charge in [-0.1, -0.05) is 13.8 Å². The largest absolute Gasteiger partial charge is 0.271 e. The van der Waals surface area contributed by atoms with E-state index in [-0.39, 0.29) is 6.04 Å². The molecule has 2 heterocycles. The predicted octanol–water partition coefficient (Wildman–Crippen LogP) is 2.35. The summed E-state index contributed by atoms with van der Waals surface area (Å²) in [5.74, 6) is 7.19. The number of nitrogens with zero attached hydrogens (tertiary/aromatic N) is 3. The molecule has 3 N–H and O–H groups in total. The highest BCUT2D eigenvalue weighted by atomic mass is 127. The third-order valence-corrected chi connectivity index (χ3v) is 4.62. The first kappa shape index (κ1) is 14.9. The molecule has 0 fully saturated rings. The molecule has 5 nitrogen and oxygen atoms in total. The van der Waals surface area contributed by atoms with Crippen molar-refractivity contribution in [2.45, 2.75) is 32.9 Å². The summed E-state index contributed by atoms with van der Waals surface area (Å²) in [5, 5.41) is 6.42. The Morgan fingerprint density at radius 2 is 2.32 bits per heavy atom. The topological polar surface area (TPSA) is 68.8 Å². The number of rotatable bonds is 6. The predicted molar refractivity (Wildman–Crippen MR) is 85.7 cm³/mol. The van der Waals surface area contributed by atoms with Gasteiger partial charge in [-0.3, -0.25) is 11.3 Å². The second-order valence-electron chi connectivity index (χ2n) is 4.86. The number of halogens is 1. The number of nitrogens with one attached hydrogen (secondary N) is 1. The highest BCUT2D eigenvalue weighted by Crippen LogP contribution is 2.24. The molecule has 0 amide bonds. The zero-order valence-corrected chi connectivity index (χ0v) is 14.0. The van der Waals surface area contributed by atoms with Crippen molar-refractivity contribution in [2.24, 2.45) is 11.8 Å². The van der Waals surface area contributed by atoms with Gasteiger partial charge in [-0.05, 0) is 45.5 Å². The third kappa shape index (κ3) is 3.98. The van der Waals surface area contributed by atoms with Gasteiger partial charge in [0.25, 0.3) is 0 Å². The minimum atomic E-state index is 0.0786. The van der Waals surface area contributed by atoms with E-state index >= 15 is 0 Å². The molecule has 1 unspecified atom stereocenters. The van der Waals surface area contributed by atoms with Crippen molar-refractivity contribution in [3.8, 4) is 0 Å². The molecular formula is C12H18IN5S. The van der Waals surface area contributed by atoms with Crippen LogP contribution in [0.15, 0.2) is 17.8 Å². The third-order valence-electron chi connectivity index (χ3n) is 2.81. The minimum Gasteiger partial charge on any atom is -0.271 e. The van der Waals surface area contributed by atoms with Crippen LogP contribution in [-0.2, 0) is 13.0 Å². The maximum atomic E-state index is 5.68. The Bertz CT molecular complexity index is 522. The highest BCUT2D eigenvalue weighted by molar-refractivity contribution is 14.1. The van der Waals surface area contributed by atoms with Crippen molar-refractivity contribution in [1.82, 2.24) is 20.2 Å². The molecule has 1 atom stereocenters. The molecule has 0 aliphatic carbocycles. The van der Waals surface area contributed by atoms with Crippen LogP contribution < -0.4 is 11.3 Å². The molecule has 2 rings (SSSR count). The van der Waals surface area contributed by atoms with Crippen molar-refractivity contribution in [3.63, 3.8) is 0 Å². The van der Waals surface area contributed by atoms with Gasteiger partial charge < -0.3 is 0 Å². The van der Waals surface area contributed by atoms with Gasteiger partial charge in [0.15, 0.2) is 0 Å². The molecule has 0 aliphatic heterocycles. The monoisotopic (exact) mass is 391 g/mol. The van der Waals surface area contributed by atoms with Crippen LogP contribution >= 0.6 is 33.9 Å². The normalized spacial score (nSPS) is 13.1. The smallest absolute Gasteiger partial charge is 0.138 e. The summed E-state index contributed by atoms with van der Waals surface area (Å²) in [4.78, 5) is 4.35. The molecule has 0 aliphatic rings. The maximum absolute atomic E-state index is 5.68. The summed E-state index contributed by atoms with van der Waals surface area (Å²) < 4.78 is 3.23. The number of aromatic nitrogens is 3. The van der Waals surface area contributed by atoms with Gasteiger partial charge in [-0.2, -0.15) is 5.10 Å². The Morgan fingerprint density at radius 3 is 2.89 bits per heavy atom. The van der Waals surface area contributed by atoms with E-state index in [9.17, 15) is 0 Å². The number of hydrogen-bond donors (Lipinski definition) is 2. The lowest BCUT2D eigenvalue weighted by molar-refractivity contribution is 0.447. The van der Waals surface area contributed by atoms with E-state index in [1.807, 2.05) is 4.68 Å². The van der Waals surface area contributed by atoms with Gasteiger partial charge in [0.05, 0.1) is 8.93 Å². The van der Waals surface area contributed by atoms with E-state index in [2.05, 4.69) is 63.4 Å². The van der Waals surface area contributed by atoms with E-state index in [1.165, 1.54) is 8.45 Å². The van der Waals surface area contributed by atoms with E-state index in [4.69, 9.17) is 5.84 Å². The van der Waals surface area contributed by atoms with E-state index in [0.717, 1.165) is 18.8 Å². The number of nitrogens with two attached hydrogens (primary N) is 1. The highest BCUT2D eigenvalue weighted by Gasteiger charge is 2.16. The van der Waals surface area contributed by atoms with E-state index in [1.54, 1.807) is 17.7 Å². The second kappa shape index (κ2) is 6.78. The molecule has 0 aromatic carbocycles. The Labute approximate surface area is 130 Å². The van der Waals surface area contributed by atoms with Crippen LogP contribution in [0, 0.1) is 8.80 Å². The first-order chi connectivity index (χ1) is 9.10. The van der Waals surface area contributed by atoms with Crippen LogP contribution in [-0.4, -0.2) is 14.8 Å². The quantitative estimate of drug-likeness (QED) is 0.451. The Hall–Kier alpha value is -0.510. The number of hydrogen-bond acceptors (Lipinski definition) is 5. The van der Waals surface area contributed by atoms with Crippen molar-refractivity contribution >= 4 is 33.9 Å². The van der Waals surface area contributed by atoms with E-state index in [0.29, 0.717) is 5.92 Å². The fourth-order valence-corrected chi connectivity index (χ4v) is 3.33. The van der Waals surface area contributed by atoms with Gasteiger partial charge >= 0.3 is 0 Å². The lowest BCUT2D eigenvalue weighted by Crippen LogP contribution is -2.30. The molecule has 104 valence electrons. The number of thiophene rings is 1. The summed E-state index contributed by atoms with van der Waals surface area (Å²) in [6, 6.07) is 2.23. The summed E-state index contributed by atoms with van der Waals surface area (Å²) in [6.45, 7) is 5.23. The second-order valence-corrected chi connectivity index (χ2v) is 7.67. The Morgan fingerprint density at radius 1 is 1.53 bits per heavy atom. The molecule has 2 aromatic heterocycles. The average molecular weight is 391 g/mol. The van der Waals surface area contributed by atoms with Gasteiger partial charge in [-0.15, -0.1) is 11.3 Å². The Kier molecular flexibility index (Phi) is 5.31. The van der Waals surface area contributed by atoms with Crippen LogP contribution in [0.5, 0.6) is 0 Å². The standard InChI is InChI=1S/C12H18IN5S/c1-8(2)5-18-12(15-7-16-18)4-10(17-14)9-3-11(13)19-6-9/h3,6-8,10,17H,4-5,14H2,1-2H3. The molecule has 0 bridgehead atoms. The molecule has 7 heteroatoms. The first-order valence-corrected chi connectivity index (χ1v) is 8.12. The van der Waals surface area contributed by atoms with Gasteiger partial charge in [0.2, 0.25) is 0 Å². The fraction of sp³-hybridized carbons (Fsp3) is 0.500. The molecule has 0 saturated heterocycles. The maximum Gasteiger partial charge on any atom is 0.138 e. The zero-order chi connectivity index (χ0) is 13.8. The molecule has 2 aromatic rings. The van der Waals surface area contributed by atoms with Crippen LogP contribution in [0.2, 0.25) is 0 Å².